The van der Waals surface area contributed by atoms with E-state index in [1.807, 2.05) is 29.1 Å². The number of aryl methyl sites for hydroxylation is 1. The number of hydrogen-bond acceptors (Lipinski definition) is 3. The van der Waals surface area contributed by atoms with Gasteiger partial charge in [-0.1, -0.05) is 13.8 Å². The van der Waals surface area contributed by atoms with Crippen molar-refractivity contribution in [1.82, 2.24) is 19.8 Å². The highest BCUT2D eigenvalue weighted by Gasteiger charge is 2.22. The summed E-state index contributed by atoms with van der Waals surface area (Å²) in [5.41, 5.74) is 0. The summed E-state index contributed by atoms with van der Waals surface area (Å²) in [6, 6.07) is 0.102. The molecule has 1 unspecified atom stereocenters. The molecule has 1 fully saturated rings. The van der Waals surface area contributed by atoms with Gasteiger partial charge in [-0.15, -0.1) is 0 Å². The summed E-state index contributed by atoms with van der Waals surface area (Å²) in [7, 11) is 0. The summed E-state index contributed by atoms with van der Waals surface area (Å²) in [5, 5.41) is 3.07. The fourth-order valence-corrected chi connectivity index (χ4v) is 3.93. The molecule has 0 bridgehead atoms. The van der Waals surface area contributed by atoms with Gasteiger partial charge in [-0.25, -0.2) is 9.78 Å². The first-order chi connectivity index (χ1) is 11.1. The van der Waals surface area contributed by atoms with Gasteiger partial charge >= 0.3 is 6.03 Å². The van der Waals surface area contributed by atoms with Crippen molar-refractivity contribution in [3.8, 4) is 0 Å². The van der Waals surface area contributed by atoms with E-state index < -0.39 is 0 Å². The molecule has 6 heteroatoms. The standard InChI is InChI=1S/C17H30N4OS/c1-14(2)16-18-8-11-20(16)10-5-7-19-17(22)21-9-4-6-15(12-21)13-23-3/h8,11,14-15H,4-7,9-10,12-13H2,1-3H3,(H,19,22). The number of nitrogens with zero attached hydrogens (tertiary/aromatic N) is 3. The molecule has 1 N–H and O–H groups in total. The van der Waals surface area contributed by atoms with Gasteiger partial charge in [0.2, 0.25) is 0 Å². The number of amides is 2. The smallest absolute Gasteiger partial charge is 0.317 e. The number of imidazole rings is 1. The molecule has 1 aliphatic heterocycles. The van der Waals surface area contributed by atoms with E-state index in [0.717, 1.165) is 50.6 Å². The molecule has 130 valence electrons. The van der Waals surface area contributed by atoms with Crippen molar-refractivity contribution in [3.05, 3.63) is 18.2 Å². The summed E-state index contributed by atoms with van der Waals surface area (Å²) in [5.74, 6) is 3.36. The number of aromatic nitrogens is 2. The second-order valence-corrected chi connectivity index (χ2v) is 7.54. The van der Waals surface area contributed by atoms with Gasteiger partial charge < -0.3 is 14.8 Å². The van der Waals surface area contributed by atoms with E-state index in [4.69, 9.17) is 0 Å². The van der Waals surface area contributed by atoms with Crippen LogP contribution in [0.3, 0.4) is 0 Å². The van der Waals surface area contributed by atoms with Gasteiger partial charge in [-0.3, -0.25) is 0 Å². The van der Waals surface area contributed by atoms with Gasteiger partial charge in [0.15, 0.2) is 0 Å². The van der Waals surface area contributed by atoms with Crippen LogP contribution in [-0.4, -0.2) is 52.1 Å². The minimum Gasteiger partial charge on any atom is -0.338 e. The Hall–Kier alpha value is -1.17. The van der Waals surface area contributed by atoms with E-state index in [0.29, 0.717) is 11.8 Å². The first-order valence-corrected chi connectivity index (χ1v) is 10.0. The highest BCUT2D eigenvalue weighted by Crippen LogP contribution is 2.19. The van der Waals surface area contributed by atoms with Crippen LogP contribution in [0.4, 0.5) is 4.79 Å². The number of piperidine rings is 1. The molecular weight excluding hydrogens is 308 g/mol. The second kappa shape index (κ2) is 9.21. The van der Waals surface area contributed by atoms with Crippen molar-refractivity contribution in [1.29, 1.82) is 0 Å². The topological polar surface area (TPSA) is 50.2 Å². The van der Waals surface area contributed by atoms with E-state index in [2.05, 4.69) is 35.0 Å². The quantitative estimate of drug-likeness (QED) is 0.777. The Morgan fingerprint density at radius 1 is 1.52 bits per heavy atom. The zero-order valence-corrected chi connectivity index (χ0v) is 15.4. The molecule has 1 aliphatic rings. The van der Waals surface area contributed by atoms with Gasteiger partial charge in [0, 0.05) is 44.5 Å². The van der Waals surface area contributed by atoms with Crippen molar-refractivity contribution in [2.24, 2.45) is 5.92 Å². The van der Waals surface area contributed by atoms with Crippen LogP contribution >= 0.6 is 11.8 Å². The first-order valence-electron chi connectivity index (χ1n) is 8.64. The van der Waals surface area contributed by atoms with Crippen LogP contribution in [0.2, 0.25) is 0 Å². The van der Waals surface area contributed by atoms with Crippen LogP contribution in [0.1, 0.15) is 44.9 Å². The Morgan fingerprint density at radius 3 is 3.09 bits per heavy atom. The van der Waals surface area contributed by atoms with Crippen LogP contribution in [0, 0.1) is 5.92 Å². The van der Waals surface area contributed by atoms with Crippen LogP contribution in [0.5, 0.6) is 0 Å². The lowest BCUT2D eigenvalue weighted by Gasteiger charge is -2.32. The molecule has 1 atom stereocenters. The molecule has 2 amide bonds. The maximum absolute atomic E-state index is 12.3. The Balaban J connectivity index is 1.69. The van der Waals surface area contributed by atoms with Crippen molar-refractivity contribution in [2.45, 2.75) is 45.6 Å². The van der Waals surface area contributed by atoms with E-state index in [9.17, 15) is 4.79 Å². The van der Waals surface area contributed by atoms with Gasteiger partial charge in [0.1, 0.15) is 5.82 Å². The molecule has 2 heterocycles. The lowest BCUT2D eigenvalue weighted by Crippen LogP contribution is -2.46. The summed E-state index contributed by atoms with van der Waals surface area (Å²) in [6.07, 6.45) is 9.33. The largest absolute Gasteiger partial charge is 0.338 e. The maximum atomic E-state index is 12.3. The average Bonchev–Trinajstić information content (AvgIpc) is 3.00. The number of nitrogens with one attached hydrogen (secondary N) is 1. The normalized spacial score (nSPS) is 18.4. The number of rotatable bonds is 7. The third-order valence-electron chi connectivity index (χ3n) is 4.32. The van der Waals surface area contributed by atoms with Crippen molar-refractivity contribution < 1.29 is 4.79 Å². The number of urea groups is 1. The molecule has 1 saturated heterocycles. The third-order valence-corrected chi connectivity index (χ3v) is 5.13. The molecule has 0 saturated carbocycles. The maximum Gasteiger partial charge on any atom is 0.317 e. The van der Waals surface area contributed by atoms with E-state index >= 15 is 0 Å². The van der Waals surface area contributed by atoms with Crippen LogP contribution < -0.4 is 5.32 Å². The fraction of sp³-hybridized carbons (Fsp3) is 0.765. The van der Waals surface area contributed by atoms with Crippen molar-refractivity contribution in [2.75, 3.05) is 31.6 Å². The second-order valence-electron chi connectivity index (χ2n) is 6.63. The van der Waals surface area contributed by atoms with E-state index in [1.54, 1.807) is 0 Å². The Kier molecular flexibility index (Phi) is 7.27. The van der Waals surface area contributed by atoms with Gasteiger partial charge in [0.05, 0.1) is 0 Å². The Labute approximate surface area is 144 Å². The number of carbonyl (C=O) groups excluding carboxylic acids is 1. The van der Waals surface area contributed by atoms with Gasteiger partial charge in [-0.2, -0.15) is 11.8 Å². The molecular formula is C17H30N4OS. The number of likely N-dealkylation sites (tertiary alicyclic amines) is 1. The lowest BCUT2D eigenvalue weighted by atomic mass is 10.0. The molecule has 2 rings (SSSR count). The molecule has 1 aromatic heterocycles. The first kappa shape index (κ1) is 18.2. The Morgan fingerprint density at radius 2 is 2.35 bits per heavy atom. The molecule has 0 radical (unpaired) electrons. The third kappa shape index (κ3) is 5.44. The summed E-state index contributed by atoms with van der Waals surface area (Å²) < 4.78 is 2.19. The Bertz CT molecular complexity index is 487. The fourth-order valence-electron chi connectivity index (χ4n) is 3.19. The minimum atomic E-state index is 0.102. The highest BCUT2D eigenvalue weighted by atomic mass is 32.2. The number of thioether (sulfide) groups is 1. The summed E-state index contributed by atoms with van der Waals surface area (Å²) in [4.78, 5) is 18.7. The predicted molar refractivity (Wildman–Crippen MR) is 97.0 cm³/mol. The molecule has 23 heavy (non-hydrogen) atoms. The van der Waals surface area contributed by atoms with Crippen molar-refractivity contribution >= 4 is 17.8 Å². The molecule has 0 spiro atoms. The van der Waals surface area contributed by atoms with E-state index in [1.165, 1.54) is 6.42 Å². The number of hydrogen-bond donors (Lipinski definition) is 1. The zero-order chi connectivity index (χ0) is 16.7. The van der Waals surface area contributed by atoms with Gasteiger partial charge in [-0.05, 0) is 37.2 Å². The van der Waals surface area contributed by atoms with Gasteiger partial charge in [0.25, 0.3) is 0 Å². The summed E-state index contributed by atoms with van der Waals surface area (Å²) in [6.45, 7) is 7.74. The monoisotopic (exact) mass is 338 g/mol. The lowest BCUT2D eigenvalue weighted by molar-refractivity contribution is 0.170. The van der Waals surface area contributed by atoms with Crippen molar-refractivity contribution in [3.63, 3.8) is 0 Å². The zero-order valence-electron chi connectivity index (χ0n) is 14.6. The minimum absolute atomic E-state index is 0.102. The van der Waals surface area contributed by atoms with Crippen LogP contribution in [0.15, 0.2) is 12.4 Å². The van der Waals surface area contributed by atoms with Crippen LogP contribution in [0.25, 0.3) is 0 Å². The average molecular weight is 339 g/mol. The molecule has 5 nitrogen and oxygen atoms in total. The molecule has 1 aromatic rings. The SMILES string of the molecule is CSCC1CCCN(C(=O)NCCCn2ccnc2C(C)C)C1. The number of carbonyl (C=O) groups is 1. The molecule has 0 aliphatic carbocycles. The molecule has 0 aromatic carbocycles. The highest BCUT2D eigenvalue weighted by molar-refractivity contribution is 7.98. The van der Waals surface area contributed by atoms with Crippen LogP contribution in [-0.2, 0) is 6.54 Å². The van der Waals surface area contributed by atoms with E-state index in [-0.39, 0.29) is 6.03 Å². The summed E-state index contributed by atoms with van der Waals surface area (Å²) >= 11 is 1.88. The predicted octanol–water partition coefficient (Wildman–Crippen LogP) is 3.18.